The Morgan fingerprint density at radius 3 is 2.43 bits per heavy atom. The monoisotopic (exact) mass is 309 g/mol. The minimum absolute atomic E-state index is 0.287. The zero-order chi connectivity index (χ0) is 16.2. The number of anilines is 1. The van der Waals surface area contributed by atoms with Gasteiger partial charge in [-0.2, -0.15) is 0 Å². The molecule has 4 heteroatoms. The molecular formula is C19H16FNO2. The fourth-order valence-corrected chi connectivity index (χ4v) is 2.28. The van der Waals surface area contributed by atoms with E-state index in [0.717, 1.165) is 10.8 Å². The second-order valence-electron chi connectivity index (χ2n) is 5.27. The second-order valence-corrected chi connectivity index (χ2v) is 5.27. The normalized spacial score (nSPS) is 11.9. The first-order chi connectivity index (χ1) is 11.1. The van der Waals surface area contributed by atoms with Gasteiger partial charge in [-0.3, -0.25) is 4.79 Å². The zero-order valence-corrected chi connectivity index (χ0v) is 12.6. The van der Waals surface area contributed by atoms with Crippen molar-refractivity contribution in [3.8, 4) is 5.75 Å². The Kier molecular flexibility index (Phi) is 4.24. The first kappa shape index (κ1) is 15.0. The molecule has 0 radical (unpaired) electrons. The summed E-state index contributed by atoms with van der Waals surface area (Å²) in [5, 5.41) is 4.86. The Morgan fingerprint density at radius 1 is 1.00 bits per heavy atom. The van der Waals surface area contributed by atoms with Gasteiger partial charge in [0.05, 0.1) is 0 Å². The number of amides is 1. The number of halogens is 1. The van der Waals surface area contributed by atoms with Crippen molar-refractivity contribution in [3.63, 3.8) is 0 Å². The van der Waals surface area contributed by atoms with Gasteiger partial charge in [0, 0.05) is 5.69 Å². The average molecular weight is 309 g/mol. The number of hydrogen-bond acceptors (Lipinski definition) is 2. The van der Waals surface area contributed by atoms with Gasteiger partial charge in [0.2, 0.25) is 0 Å². The third kappa shape index (κ3) is 3.66. The van der Waals surface area contributed by atoms with Gasteiger partial charge in [0.15, 0.2) is 6.10 Å². The molecule has 3 rings (SSSR count). The molecule has 0 aliphatic carbocycles. The van der Waals surface area contributed by atoms with Crippen LogP contribution < -0.4 is 10.1 Å². The number of rotatable bonds is 4. The Labute approximate surface area is 133 Å². The van der Waals surface area contributed by atoms with Gasteiger partial charge >= 0.3 is 0 Å². The number of hydrogen-bond donors (Lipinski definition) is 1. The molecular weight excluding hydrogens is 293 g/mol. The first-order valence-electron chi connectivity index (χ1n) is 7.34. The van der Waals surface area contributed by atoms with E-state index in [1.54, 1.807) is 6.92 Å². The summed E-state index contributed by atoms with van der Waals surface area (Å²) in [7, 11) is 0. The maximum Gasteiger partial charge on any atom is 0.265 e. The number of fused-ring (bicyclic) bond motifs is 1. The van der Waals surface area contributed by atoms with E-state index < -0.39 is 6.10 Å². The van der Waals surface area contributed by atoms with Crippen LogP contribution in [-0.2, 0) is 4.79 Å². The minimum Gasteiger partial charge on any atom is -0.481 e. The van der Waals surface area contributed by atoms with Gasteiger partial charge < -0.3 is 10.1 Å². The lowest BCUT2D eigenvalue weighted by Crippen LogP contribution is -2.30. The number of benzene rings is 3. The van der Waals surface area contributed by atoms with E-state index in [1.807, 2.05) is 42.5 Å². The molecule has 116 valence electrons. The fourth-order valence-electron chi connectivity index (χ4n) is 2.28. The van der Waals surface area contributed by atoms with Crippen molar-refractivity contribution in [1.29, 1.82) is 0 Å². The molecule has 0 saturated heterocycles. The van der Waals surface area contributed by atoms with Crippen LogP contribution in [0.25, 0.3) is 10.8 Å². The van der Waals surface area contributed by atoms with E-state index in [4.69, 9.17) is 4.74 Å². The number of carbonyl (C=O) groups is 1. The molecule has 0 aliphatic heterocycles. The van der Waals surface area contributed by atoms with Gasteiger partial charge in [-0.15, -0.1) is 0 Å². The standard InChI is InChI=1S/C19H16FNO2/c1-13(19(22)21-17-9-7-16(20)8-10-17)23-18-11-6-14-4-2-3-5-15(14)12-18/h2-13H,1H3,(H,21,22)/t13-/m1/s1. The van der Waals surface area contributed by atoms with Gasteiger partial charge in [0.25, 0.3) is 5.91 Å². The topological polar surface area (TPSA) is 38.3 Å². The zero-order valence-electron chi connectivity index (χ0n) is 12.6. The Bertz CT molecular complexity index is 830. The van der Waals surface area contributed by atoms with E-state index in [0.29, 0.717) is 11.4 Å². The van der Waals surface area contributed by atoms with Crippen molar-refractivity contribution < 1.29 is 13.9 Å². The van der Waals surface area contributed by atoms with Crippen molar-refractivity contribution in [3.05, 3.63) is 72.5 Å². The van der Waals surface area contributed by atoms with E-state index in [-0.39, 0.29) is 11.7 Å². The van der Waals surface area contributed by atoms with Crippen molar-refractivity contribution in [2.75, 3.05) is 5.32 Å². The van der Waals surface area contributed by atoms with Crippen LogP contribution in [0.5, 0.6) is 5.75 Å². The smallest absolute Gasteiger partial charge is 0.265 e. The van der Waals surface area contributed by atoms with Crippen LogP contribution in [0.4, 0.5) is 10.1 Å². The molecule has 23 heavy (non-hydrogen) atoms. The highest BCUT2D eigenvalue weighted by molar-refractivity contribution is 5.94. The van der Waals surface area contributed by atoms with Gasteiger partial charge in [-0.25, -0.2) is 4.39 Å². The number of ether oxygens (including phenoxy) is 1. The van der Waals surface area contributed by atoms with Crippen LogP contribution in [0.1, 0.15) is 6.92 Å². The summed E-state index contributed by atoms with van der Waals surface area (Å²) in [5.74, 6) is -0.00122. The van der Waals surface area contributed by atoms with E-state index >= 15 is 0 Å². The Morgan fingerprint density at radius 2 is 1.70 bits per heavy atom. The summed E-state index contributed by atoms with van der Waals surface area (Å²) in [4.78, 5) is 12.1. The average Bonchev–Trinajstić information content (AvgIpc) is 2.56. The highest BCUT2D eigenvalue weighted by atomic mass is 19.1. The van der Waals surface area contributed by atoms with E-state index in [1.165, 1.54) is 24.3 Å². The molecule has 3 aromatic rings. The molecule has 3 nitrogen and oxygen atoms in total. The molecule has 1 amide bonds. The number of nitrogens with one attached hydrogen (secondary N) is 1. The largest absolute Gasteiger partial charge is 0.481 e. The van der Waals surface area contributed by atoms with Crippen molar-refractivity contribution >= 4 is 22.4 Å². The maximum absolute atomic E-state index is 12.9. The molecule has 0 fully saturated rings. The Hall–Kier alpha value is -2.88. The van der Waals surface area contributed by atoms with Crippen LogP contribution in [0.3, 0.4) is 0 Å². The Balaban J connectivity index is 1.68. The molecule has 3 aromatic carbocycles. The summed E-state index contributed by atoms with van der Waals surface area (Å²) in [6.07, 6.45) is -0.666. The SMILES string of the molecule is C[C@@H](Oc1ccc2ccccc2c1)C(=O)Nc1ccc(F)cc1. The third-order valence-electron chi connectivity index (χ3n) is 3.51. The lowest BCUT2D eigenvalue weighted by Gasteiger charge is -2.15. The van der Waals surface area contributed by atoms with Crippen LogP contribution in [0.15, 0.2) is 66.7 Å². The number of carbonyl (C=O) groups excluding carboxylic acids is 1. The molecule has 0 bridgehead atoms. The van der Waals surface area contributed by atoms with Crippen molar-refractivity contribution in [2.24, 2.45) is 0 Å². The first-order valence-corrected chi connectivity index (χ1v) is 7.34. The summed E-state index contributed by atoms with van der Waals surface area (Å²) in [6, 6.07) is 19.2. The molecule has 0 heterocycles. The quantitative estimate of drug-likeness (QED) is 0.776. The lowest BCUT2D eigenvalue weighted by atomic mass is 10.1. The predicted octanol–water partition coefficient (Wildman–Crippen LogP) is 4.38. The molecule has 0 aliphatic rings. The third-order valence-corrected chi connectivity index (χ3v) is 3.51. The highest BCUT2D eigenvalue weighted by Gasteiger charge is 2.15. The van der Waals surface area contributed by atoms with Crippen LogP contribution in [-0.4, -0.2) is 12.0 Å². The summed E-state index contributed by atoms with van der Waals surface area (Å²) >= 11 is 0. The second kappa shape index (κ2) is 6.48. The minimum atomic E-state index is -0.666. The molecule has 0 unspecified atom stereocenters. The van der Waals surface area contributed by atoms with Crippen LogP contribution >= 0.6 is 0 Å². The van der Waals surface area contributed by atoms with Gasteiger partial charge in [-0.1, -0.05) is 30.3 Å². The van der Waals surface area contributed by atoms with Crippen molar-refractivity contribution in [2.45, 2.75) is 13.0 Å². The molecule has 0 saturated carbocycles. The lowest BCUT2D eigenvalue weighted by molar-refractivity contribution is -0.122. The van der Waals surface area contributed by atoms with Crippen LogP contribution in [0, 0.1) is 5.82 Å². The highest BCUT2D eigenvalue weighted by Crippen LogP contribution is 2.21. The molecule has 1 N–H and O–H groups in total. The van der Waals surface area contributed by atoms with E-state index in [9.17, 15) is 9.18 Å². The van der Waals surface area contributed by atoms with Crippen LogP contribution in [0.2, 0.25) is 0 Å². The molecule has 0 spiro atoms. The predicted molar refractivity (Wildman–Crippen MR) is 89.1 cm³/mol. The van der Waals surface area contributed by atoms with Crippen molar-refractivity contribution in [1.82, 2.24) is 0 Å². The molecule has 0 aromatic heterocycles. The van der Waals surface area contributed by atoms with Gasteiger partial charge in [0.1, 0.15) is 11.6 Å². The molecule has 1 atom stereocenters. The summed E-state index contributed by atoms with van der Waals surface area (Å²) in [6.45, 7) is 1.67. The maximum atomic E-state index is 12.9. The van der Waals surface area contributed by atoms with Gasteiger partial charge in [-0.05, 0) is 54.1 Å². The summed E-state index contributed by atoms with van der Waals surface area (Å²) < 4.78 is 18.6. The van der Waals surface area contributed by atoms with E-state index in [2.05, 4.69) is 5.32 Å². The fraction of sp³-hybridized carbons (Fsp3) is 0.105. The summed E-state index contributed by atoms with van der Waals surface area (Å²) in [5.41, 5.74) is 0.533.